The zero-order valence-electron chi connectivity index (χ0n) is 21.4. The van der Waals surface area contributed by atoms with E-state index < -0.39 is 0 Å². The molecule has 5 rings (SSSR count). The van der Waals surface area contributed by atoms with E-state index in [0.29, 0.717) is 5.56 Å². The van der Waals surface area contributed by atoms with Gasteiger partial charge in [0, 0.05) is 43.5 Å². The fourth-order valence-corrected chi connectivity index (χ4v) is 6.14. The number of thiophene rings is 1. The molecule has 1 aromatic heterocycles. The fourth-order valence-electron chi connectivity index (χ4n) is 5.01. The molecule has 0 fully saturated rings. The van der Waals surface area contributed by atoms with E-state index in [1.807, 2.05) is 36.5 Å². The Labute approximate surface area is 223 Å². The summed E-state index contributed by atoms with van der Waals surface area (Å²) in [5.41, 5.74) is 7.23. The van der Waals surface area contributed by atoms with Gasteiger partial charge in [-0.2, -0.15) is 5.26 Å². The van der Waals surface area contributed by atoms with Gasteiger partial charge in [-0.25, -0.2) is 0 Å². The number of para-hydroxylation sites is 1. The van der Waals surface area contributed by atoms with Crippen LogP contribution in [-0.2, 0) is 0 Å². The number of fused-ring (bicyclic) bond motifs is 3. The van der Waals surface area contributed by atoms with Crippen LogP contribution in [0.5, 0.6) is 0 Å². The van der Waals surface area contributed by atoms with Gasteiger partial charge in [-0.05, 0) is 54.8 Å². The van der Waals surface area contributed by atoms with Crippen molar-refractivity contribution in [3.63, 3.8) is 0 Å². The lowest BCUT2D eigenvalue weighted by atomic mass is 9.95. The summed E-state index contributed by atoms with van der Waals surface area (Å²) < 4.78 is 2.56. The SMILES string of the molecule is C=C(/C=C\C)c1ccccc1N(CCCC)c1cc(C#N)ccc1-c1cccc2sc3ccccc3c12. The Bertz CT molecular complexity index is 1660. The first-order valence-electron chi connectivity index (χ1n) is 12.8. The molecule has 0 saturated carbocycles. The van der Waals surface area contributed by atoms with E-state index >= 15 is 0 Å². The summed E-state index contributed by atoms with van der Waals surface area (Å²) in [6.07, 6.45) is 6.19. The third-order valence-corrected chi connectivity index (χ3v) is 7.89. The van der Waals surface area contributed by atoms with Crippen molar-refractivity contribution in [2.75, 3.05) is 11.4 Å². The molecular weight excluding hydrogens is 468 g/mol. The average molecular weight is 499 g/mol. The molecule has 0 aliphatic carbocycles. The number of hydrogen-bond acceptors (Lipinski definition) is 3. The zero-order valence-corrected chi connectivity index (χ0v) is 22.2. The molecular formula is C34H30N2S. The highest BCUT2D eigenvalue weighted by atomic mass is 32.1. The van der Waals surface area contributed by atoms with Gasteiger partial charge in [-0.15, -0.1) is 11.3 Å². The minimum absolute atomic E-state index is 0.660. The molecule has 0 bridgehead atoms. The summed E-state index contributed by atoms with van der Waals surface area (Å²) >= 11 is 1.83. The summed E-state index contributed by atoms with van der Waals surface area (Å²) in [6.45, 7) is 9.43. The van der Waals surface area contributed by atoms with E-state index in [2.05, 4.69) is 103 Å². The first-order valence-corrected chi connectivity index (χ1v) is 13.6. The Hall–Kier alpha value is -4.13. The molecule has 1 heterocycles. The molecule has 3 heteroatoms. The quantitative estimate of drug-likeness (QED) is 0.199. The van der Waals surface area contributed by atoms with Crippen molar-refractivity contribution >= 4 is 48.5 Å². The van der Waals surface area contributed by atoms with Crippen LogP contribution in [-0.4, -0.2) is 6.54 Å². The maximum atomic E-state index is 9.85. The largest absolute Gasteiger partial charge is 0.340 e. The number of benzene rings is 4. The van der Waals surface area contributed by atoms with E-state index in [1.165, 1.54) is 25.7 Å². The highest BCUT2D eigenvalue weighted by Gasteiger charge is 2.20. The van der Waals surface area contributed by atoms with Crippen LogP contribution in [0, 0.1) is 11.3 Å². The summed E-state index contributed by atoms with van der Waals surface area (Å²) in [5, 5.41) is 12.4. The van der Waals surface area contributed by atoms with Crippen molar-refractivity contribution in [1.82, 2.24) is 0 Å². The van der Waals surface area contributed by atoms with Crippen LogP contribution in [0.3, 0.4) is 0 Å². The maximum Gasteiger partial charge on any atom is 0.0992 e. The van der Waals surface area contributed by atoms with Gasteiger partial charge in [0.15, 0.2) is 0 Å². The Kier molecular flexibility index (Phi) is 7.21. The third-order valence-electron chi connectivity index (χ3n) is 6.75. The van der Waals surface area contributed by atoms with Crippen LogP contribution in [0.1, 0.15) is 37.8 Å². The Morgan fingerprint density at radius 2 is 1.70 bits per heavy atom. The molecule has 0 amide bonds. The van der Waals surface area contributed by atoms with Gasteiger partial charge in [0.05, 0.1) is 17.3 Å². The summed E-state index contributed by atoms with van der Waals surface area (Å²) in [4.78, 5) is 2.39. The van der Waals surface area contributed by atoms with E-state index in [1.54, 1.807) is 0 Å². The first kappa shape index (κ1) is 24.6. The zero-order chi connectivity index (χ0) is 25.8. The van der Waals surface area contributed by atoms with Crippen LogP contribution in [0.2, 0.25) is 0 Å². The van der Waals surface area contributed by atoms with E-state index in [4.69, 9.17) is 0 Å². The van der Waals surface area contributed by atoms with Crippen LogP contribution in [0.4, 0.5) is 11.4 Å². The summed E-state index contributed by atoms with van der Waals surface area (Å²) in [7, 11) is 0. The van der Waals surface area contributed by atoms with Crippen LogP contribution in [0.25, 0.3) is 36.9 Å². The smallest absolute Gasteiger partial charge is 0.0992 e. The van der Waals surface area contributed by atoms with E-state index in [-0.39, 0.29) is 0 Å². The van der Waals surface area contributed by atoms with Gasteiger partial charge < -0.3 is 4.90 Å². The standard InChI is InChI=1S/C34H30N2S/c1-4-6-21-36(30-16-9-7-13-26(30)24(3)12-5-2)31-22-25(23-35)19-20-27(31)28-15-11-18-33-34(28)29-14-8-10-17-32(29)37-33/h5,7-20,22H,3-4,6,21H2,1-2H3/b12-5-. The molecule has 5 aromatic rings. The molecule has 0 aliphatic rings. The maximum absolute atomic E-state index is 9.85. The normalized spacial score (nSPS) is 11.3. The van der Waals surface area contributed by atoms with Gasteiger partial charge in [-0.3, -0.25) is 0 Å². The van der Waals surface area contributed by atoms with Crippen molar-refractivity contribution < 1.29 is 0 Å². The van der Waals surface area contributed by atoms with Gasteiger partial charge in [0.1, 0.15) is 0 Å². The second-order valence-corrected chi connectivity index (χ2v) is 10.3. The van der Waals surface area contributed by atoms with Crippen molar-refractivity contribution in [3.05, 3.63) is 115 Å². The summed E-state index contributed by atoms with van der Waals surface area (Å²) in [5.74, 6) is 0. The Morgan fingerprint density at radius 1 is 0.919 bits per heavy atom. The predicted molar refractivity (Wildman–Crippen MR) is 162 cm³/mol. The molecule has 0 saturated heterocycles. The molecule has 182 valence electrons. The third kappa shape index (κ3) is 4.69. The molecule has 0 unspecified atom stereocenters. The van der Waals surface area contributed by atoms with Crippen molar-refractivity contribution in [3.8, 4) is 17.2 Å². The van der Waals surface area contributed by atoms with E-state index in [0.717, 1.165) is 47.5 Å². The number of hydrogen-bond donors (Lipinski definition) is 0. The number of rotatable bonds is 8. The van der Waals surface area contributed by atoms with Crippen LogP contribution >= 0.6 is 11.3 Å². The van der Waals surface area contributed by atoms with Crippen LogP contribution < -0.4 is 4.90 Å². The van der Waals surface area contributed by atoms with Gasteiger partial charge >= 0.3 is 0 Å². The minimum Gasteiger partial charge on any atom is -0.340 e. The topological polar surface area (TPSA) is 27.0 Å². The van der Waals surface area contributed by atoms with Gasteiger partial charge in [-0.1, -0.05) is 86.7 Å². The number of nitrogens with zero attached hydrogens (tertiary/aromatic N) is 2. The Balaban J connectivity index is 1.80. The second kappa shape index (κ2) is 10.9. The highest BCUT2D eigenvalue weighted by Crippen LogP contribution is 2.45. The highest BCUT2D eigenvalue weighted by molar-refractivity contribution is 7.25. The number of allylic oxidation sites excluding steroid dienone is 3. The first-order chi connectivity index (χ1) is 18.2. The molecule has 2 nitrogen and oxygen atoms in total. The van der Waals surface area contributed by atoms with Gasteiger partial charge in [0.2, 0.25) is 0 Å². The second-order valence-electron chi connectivity index (χ2n) is 9.17. The number of anilines is 2. The average Bonchev–Trinajstić information content (AvgIpc) is 3.32. The fraction of sp³-hybridized carbons (Fsp3) is 0.147. The number of nitriles is 1. The molecule has 37 heavy (non-hydrogen) atoms. The van der Waals surface area contributed by atoms with E-state index in [9.17, 15) is 5.26 Å². The summed E-state index contributed by atoms with van der Waals surface area (Å²) in [6, 6.07) is 32.1. The van der Waals surface area contributed by atoms with Crippen molar-refractivity contribution in [2.24, 2.45) is 0 Å². The molecule has 0 atom stereocenters. The lowest BCUT2D eigenvalue weighted by Gasteiger charge is -2.30. The Morgan fingerprint density at radius 3 is 2.51 bits per heavy atom. The lowest BCUT2D eigenvalue weighted by Crippen LogP contribution is -2.20. The molecule has 0 spiro atoms. The van der Waals surface area contributed by atoms with Gasteiger partial charge in [0.25, 0.3) is 0 Å². The van der Waals surface area contributed by atoms with Crippen molar-refractivity contribution in [2.45, 2.75) is 26.7 Å². The minimum atomic E-state index is 0.660. The predicted octanol–water partition coefficient (Wildman–Crippen LogP) is 10.1. The molecule has 0 N–H and O–H groups in total. The van der Waals surface area contributed by atoms with Crippen LogP contribution in [0.15, 0.2) is 104 Å². The lowest BCUT2D eigenvalue weighted by molar-refractivity contribution is 0.785. The monoisotopic (exact) mass is 498 g/mol. The number of unbranched alkanes of at least 4 members (excludes halogenated alkanes) is 1. The molecule has 0 radical (unpaired) electrons. The van der Waals surface area contributed by atoms with Crippen molar-refractivity contribution in [1.29, 1.82) is 5.26 Å². The molecule has 0 aliphatic heterocycles. The molecule has 4 aromatic carbocycles.